The second-order valence-electron chi connectivity index (χ2n) is 4.08. The van der Waals surface area contributed by atoms with Gasteiger partial charge in [0.25, 0.3) is 0 Å². The smallest absolute Gasteiger partial charge is 0.224 e. The Labute approximate surface area is 105 Å². The van der Waals surface area contributed by atoms with Crippen molar-refractivity contribution in [2.24, 2.45) is 0 Å². The first-order valence-corrected chi connectivity index (χ1v) is 6.56. The van der Waals surface area contributed by atoms with Crippen molar-refractivity contribution in [3.63, 3.8) is 0 Å². The first kappa shape index (κ1) is 11.8. The summed E-state index contributed by atoms with van der Waals surface area (Å²) < 4.78 is 0. The number of anilines is 2. The Bertz CT molecular complexity index is 377. The number of rotatable bonds is 1. The van der Waals surface area contributed by atoms with Gasteiger partial charge in [-0.25, -0.2) is 4.98 Å². The van der Waals surface area contributed by atoms with E-state index in [-0.39, 0.29) is 5.28 Å². The molecule has 4 nitrogen and oxygen atoms in total. The zero-order valence-corrected chi connectivity index (χ0v) is 10.9. The molecule has 2 unspecified atom stereocenters. The Morgan fingerprint density at radius 3 is 2.69 bits per heavy atom. The van der Waals surface area contributed by atoms with Gasteiger partial charge < -0.3 is 10.6 Å². The van der Waals surface area contributed by atoms with Gasteiger partial charge in [0.15, 0.2) is 5.82 Å². The summed E-state index contributed by atoms with van der Waals surface area (Å²) >= 11 is 7.79. The zero-order valence-electron chi connectivity index (χ0n) is 9.35. The van der Waals surface area contributed by atoms with Crippen LogP contribution in [0.3, 0.4) is 0 Å². The van der Waals surface area contributed by atoms with Crippen molar-refractivity contribution >= 4 is 34.9 Å². The van der Waals surface area contributed by atoms with E-state index in [0.717, 1.165) is 18.9 Å². The highest BCUT2D eigenvalue weighted by Gasteiger charge is 2.24. The fourth-order valence-electron chi connectivity index (χ4n) is 1.97. The third-order valence-electron chi connectivity index (χ3n) is 2.49. The molecule has 16 heavy (non-hydrogen) atoms. The minimum atomic E-state index is 0.253. The van der Waals surface area contributed by atoms with E-state index in [1.165, 1.54) is 0 Å². The molecule has 0 radical (unpaired) electrons. The first-order valence-electron chi connectivity index (χ1n) is 5.24. The molecule has 88 valence electrons. The molecule has 6 heteroatoms. The van der Waals surface area contributed by atoms with Gasteiger partial charge in [-0.1, -0.05) is 13.8 Å². The van der Waals surface area contributed by atoms with E-state index in [4.69, 9.17) is 17.3 Å². The lowest BCUT2D eigenvalue weighted by Gasteiger charge is -2.35. The van der Waals surface area contributed by atoms with Crippen LogP contribution in [0.25, 0.3) is 0 Å². The van der Waals surface area contributed by atoms with Crippen molar-refractivity contribution in [1.82, 2.24) is 9.97 Å². The molecule has 0 amide bonds. The Morgan fingerprint density at radius 2 is 2.06 bits per heavy atom. The number of nitrogens with two attached hydrogens (primary N) is 1. The molecule has 2 atom stereocenters. The summed E-state index contributed by atoms with van der Waals surface area (Å²) in [5, 5.41) is 1.41. The van der Waals surface area contributed by atoms with Crippen LogP contribution in [0.5, 0.6) is 0 Å². The van der Waals surface area contributed by atoms with Crippen molar-refractivity contribution in [2.45, 2.75) is 24.3 Å². The number of thioether (sulfide) groups is 1. The number of nitrogens with zero attached hydrogens (tertiary/aromatic N) is 3. The topological polar surface area (TPSA) is 55.0 Å². The fraction of sp³-hybridized carbons (Fsp3) is 0.600. The van der Waals surface area contributed by atoms with Gasteiger partial charge in [0.05, 0.1) is 11.9 Å². The van der Waals surface area contributed by atoms with Gasteiger partial charge in [-0.05, 0) is 11.6 Å². The Balaban J connectivity index is 2.25. The van der Waals surface area contributed by atoms with Crippen molar-refractivity contribution in [1.29, 1.82) is 0 Å². The van der Waals surface area contributed by atoms with Crippen LogP contribution >= 0.6 is 23.4 Å². The number of hydrogen-bond acceptors (Lipinski definition) is 5. The van der Waals surface area contributed by atoms with Crippen LogP contribution in [-0.2, 0) is 0 Å². The van der Waals surface area contributed by atoms with Crippen molar-refractivity contribution in [3.05, 3.63) is 11.5 Å². The molecule has 1 aromatic rings. The third kappa shape index (κ3) is 2.52. The standard InChI is InChI=1S/C10H15ClN4S/c1-6-4-15(5-7(2)16-6)9-8(12)3-13-10(11)14-9/h3,6-7H,4-5,12H2,1-2H3. The van der Waals surface area contributed by atoms with Crippen LogP contribution < -0.4 is 10.6 Å². The molecule has 1 fully saturated rings. The molecule has 2 heterocycles. The lowest BCUT2D eigenvalue weighted by atomic mass is 10.3. The molecule has 1 aromatic heterocycles. The molecule has 1 aliphatic rings. The van der Waals surface area contributed by atoms with Gasteiger partial charge in [-0.2, -0.15) is 16.7 Å². The van der Waals surface area contributed by atoms with Crippen molar-refractivity contribution < 1.29 is 0 Å². The summed E-state index contributed by atoms with van der Waals surface area (Å²) in [6.07, 6.45) is 1.57. The predicted octanol–water partition coefficient (Wildman–Crippen LogP) is 2.04. The largest absolute Gasteiger partial charge is 0.394 e. The molecule has 2 N–H and O–H groups in total. The Kier molecular flexibility index (Phi) is 3.44. The molecule has 0 aromatic carbocycles. The van der Waals surface area contributed by atoms with Crippen LogP contribution in [0.15, 0.2) is 6.20 Å². The SMILES string of the molecule is CC1CN(c2nc(Cl)ncc2N)CC(C)S1. The lowest BCUT2D eigenvalue weighted by Crippen LogP contribution is -2.41. The van der Waals surface area contributed by atoms with Crippen LogP contribution in [0.4, 0.5) is 11.5 Å². The summed E-state index contributed by atoms with van der Waals surface area (Å²) in [5.41, 5.74) is 6.47. The number of halogens is 1. The Hall–Kier alpha value is -0.680. The molecular formula is C10H15ClN4S. The minimum Gasteiger partial charge on any atom is -0.394 e. The van der Waals surface area contributed by atoms with Gasteiger partial charge in [-0.3, -0.25) is 0 Å². The number of nitrogen functional groups attached to an aromatic ring is 1. The molecule has 2 rings (SSSR count). The predicted molar refractivity (Wildman–Crippen MR) is 70.2 cm³/mol. The second-order valence-corrected chi connectivity index (χ2v) is 6.30. The van der Waals surface area contributed by atoms with E-state index in [9.17, 15) is 0 Å². The van der Waals surface area contributed by atoms with Gasteiger partial charge in [-0.15, -0.1) is 0 Å². The van der Waals surface area contributed by atoms with Gasteiger partial charge >= 0.3 is 0 Å². The molecule has 0 bridgehead atoms. The summed E-state index contributed by atoms with van der Waals surface area (Å²) in [6, 6.07) is 0. The van der Waals surface area contributed by atoms with E-state index >= 15 is 0 Å². The van der Waals surface area contributed by atoms with Crippen molar-refractivity contribution in [3.8, 4) is 0 Å². The van der Waals surface area contributed by atoms with Crippen LogP contribution in [0, 0.1) is 0 Å². The summed E-state index contributed by atoms with van der Waals surface area (Å²) in [5.74, 6) is 0.763. The summed E-state index contributed by atoms with van der Waals surface area (Å²) in [6.45, 7) is 6.33. The highest BCUT2D eigenvalue weighted by atomic mass is 35.5. The first-order chi connectivity index (χ1) is 7.56. The molecule has 0 spiro atoms. The van der Waals surface area contributed by atoms with E-state index in [0.29, 0.717) is 16.2 Å². The molecule has 0 saturated carbocycles. The maximum Gasteiger partial charge on any atom is 0.224 e. The number of hydrogen-bond donors (Lipinski definition) is 1. The van der Waals surface area contributed by atoms with E-state index in [1.54, 1.807) is 6.20 Å². The minimum absolute atomic E-state index is 0.253. The van der Waals surface area contributed by atoms with Crippen LogP contribution in [-0.4, -0.2) is 33.6 Å². The Morgan fingerprint density at radius 1 is 1.44 bits per heavy atom. The zero-order chi connectivity index (χ0) is 11.7. The van der Waals surface area contributed by atoms with E-state index < -0.39 is 0 Å². The maximum absolute atomic E-state index is 5.88. The average molecular weight is 259 g/mol. The van der Waals surface area contributed by atoms with E-state index in [2.05, 4.69) is 28.7 Å². The normalized spacial score (nSPS) is 25.8. The van der Waals surface area contributed by atoms with Gasteiger partial charge in [0.2, 0.25) is 5.28 Å². The number of aromatic nitrogens is 2. The molecule has 0 aliphatic carbocycles. The molecule has 1 aliphatic heterocycles. The average Bonchev–Trinajstić information content (AvgIpc) is 2.20. The van der Waals surface area contributed by atoms with Crippen molar-refractivity contribution in [2.75, 3.05) is 23.7 Å². The third-order valence-corrected chi connectivity index (χ3v) is 3.90. The van der Waals surface area contributed by atoms with E-state index in [1.807, 2.05) is 11.8 Å². The highest BCUT2D eigenvalue weighted by Crippen LogP contribution is 2.30. The molecular weight excluding hydrogens is 244 g/mol. The second kappa shape index (κ2) is 4.67. The van der Waals surface area contributed by atoms with Crippen LogP contribution in [0.2, 0.25) is 5.28 Å². The molecule has 1 saturated heterocycles. The summed E-state index contributed by atoms with van der Waals surface area (Å²) in [7, 11) is 0. The summed E-state index contributed by atoms with van der Waals surface area (Å²) in [4.78, 5) is 10.3. The lowest BCUT2D eigenvalue weighted by molar-refractivity contribution is 0.718. The monoisotopic (exact) mass is 258 g/mol. The van der Waals surface area contributed by atoms with Gasteiger partial charge in [0, 0.05) is 23.6 Å². The van der Waals surface area contributed by atoms with Crippen LogP contribution in [0.1, 0.15) is 13.8 Å². The highest BCUT2D eigenvalue weighted by molar-refractivity contribution is 8.00. The maximum atomic E-state index is 5.88. The fourth-order valence-corrected chi connectivity index (χ4v) is 3.42. The van der Waals surface area contributed by atoms with Gasteiger partial charge in [0.1, 0.15) is 0 Å². The quantitative estimate of drug-likeness (QED) is 0.782.